The zero-order chi connectivity index (χ0) is 18.7. The van der Waals surface area contributed by atoms with Crippen molar-refractivity contribution < 1.29 is 19.2 Å². The molecule has 2 saturated heterocycles. The minimum Gasteiger partial charge on any atom is -0.375 e. The largest absolute Gasteiger partial charge is 0.375 e. The van der Waals surface area contributed by atoms with Crippen LogP contribution in [0.3, 0.4) is 0 Å². The number of non-ortho nitro benzene ring substituents is 1. The number of amides is 2. The normalized spacial score (nSPS) is 19.0. The molecule has 2 aliphatic rings. The number of methoxy groups -OCH3 is 1. The van der Waals surface area contributed by atoms with Gasteiger partial charge in [-0.2, -0.15) is 0 Å². The number of hydrogen-bond donors (Lipinski definition) is 0. The summed E-state index contributed by atoms with van der Waals surface area (Å²) in [6.45, 7) is 1.83. The van der Waals surface area contributed by atoms with E-state index in [1.54, 1.807) is 22.7 Å². The van der Waals surface area contributed by atoms with E-state index in [-0.39, 0.29) is 29.0 Å². The van der Waals surface area contributed by atoms with Gasteiger partial charge in [-0.15, -0.1) is 11.8 Å². The van der Waals surface area contributed by atoms with Gasteiger partial charge in [-0.25, -0.2) is 0 Å². The summed E-state index contributed by atoms with van der Waals surface area (Å²) in [5.41, 5.74) is 0.246. The molecular formula is C17H21N3O5S. The lowest BCUT2D eigenvalue weighted by atomic mass is 10.0. The highest BCUT2D eigenvalue weighted by molar-refractivity contribution is 8.00. The molecule has 2 heterocycles. The molecule has 8 nitrogen and oxygen atoms in total. The monoisotopic (exact) mass is 379 g/mol. The summed E-state index contributed by atoms with van der Waals surface area (Å²) >= 11 is 1.74. The van der Waals surface area contributed by atoms with Crippen LogP contribution in [0, 0.1) is 10.1 Å². The fourth-order valence-corrected chi connectivity index (χ4v) is 4.99. The Morgan fingerprint density at radius 1 is 1.31 bits per heavy atom. The maximum Gasteiger partial charge on any atom is 0.270 e. The van der Waals surface area contributed by atoms with E-state index in [0.29, 0.717) is 38.0 Å². The third kappa shape index (κ3) is 3.54. The molecule has 26 heavy (non-hydrogen) atoms. The van der Waals surface area contributed by atoms with E-state index in [2.05, 4.69) is 0 Å². The first kappa shape index (κ1) is 18.7. The maximum absolute atomic E-state index is 13.0. The number of nitro groups is 1. The third-order valence-corrected chi connectivity index (χ3v) is 6.44. The second-order valence-corrected chi connectivity index (χ2v) is 7.83. The molecule has 9 heteroatoms. The molecular weight excluding hydrogens is 358 g/mol. The van der Waals surface area contributed by atoms with E-state index < -0.39 is 4.92 Å². The van der Waals surface area contributed by atoms with Crippen LogP contribution in [0.2, 0.25) is 0 Å². The Hall–Kier alpha value is -2.13. The van der Waals surface area contributed by atoms with Gasteiger partial charge in [0.2, 0.25) is 5.91 Å². The van der Waals surface area contributed by atoms with Gasteiger partial charge < -0.3 is 14.5 Å². The number of carbonyl (C=O) groups excluding carboxylic acids is 2. The van der Waals surface area contributed by atoms with Crippen molar-refractivity contribution in [3.8, 4) is 0 Å². The lowest BCUT2D eigenvalue weighted by Gasteiger charge is -2.44. The van der Waals surface area contributed by atoms with Crippen LogP contribution in [-0.2, 0) is 9.53 Å². The van der Waals surface area contributed by atoms with E-state index >= 15 is 0 Å². The van der Waals surface area contributed by atoms with Gasteiger partial charge >= 0.3 is 0 Å². The van der Waals surface area contributed by atoms with Crippen LogP contribution in [-0.4, -0.2) is 70.5 Å². The van der Waals surface area contributed by atoms with Crippen LogP contribution in [0.5, 0.6) is 0 Å². The number of nitro benzene ring substituents is 1. The van der Waals surface area contributed by atoms with Gasteiger partial charge in [0.05, 0.1) is 9.79 Å². The zero-order valence-corrected chi connectivity index (χ0v) is 15.4. The van der Waals surface area contributed by atoms with Crippen molar-refractivity contribution in [2.45, 2.75) is 17.7 Å². The van der Waals surface area contributed by atoms with Crippen molar-refractivity contribution in [1.29, 1.82) is 0 Å². The Morgan fingerprint density at radius 3 is 2.69 bits per heavy atom. The fourth-order valence-electron chi connectivity index (χ4n) is 3.54. The predicted octanol–water partition coefficient (Wildman–Crippen LogP) is 1.75. The van der Waals surface area contributed by atoms with Crippen LogP contribution >= 0.6 is 11.8 Å². The van der Waals surface area contributed by atoms with Crippen molar-refractivity contribution in [2.24, 2.45) is 0 Å². The lowest BCUT2D eigenvalue weighted by molar-refractivity contribution is -0.384. The number of ether oxygens (including phenoxy) is 1. The van der Waals surface area contributed by atoms with E-state index in [0.717, 1.165) is 5.75 Å². The molecule has 2 aliphatic heterocycles. The van der Waals surface area contributed by atoms with Gasteiger partial charge in [0, 0.05) is 50.2 Å². The molecule has 0 saturated carbocycles. The Morgan fingerprint density at radius 2 is 2.04 bits per heavy atom. The first-order valence-electron chi connectivity index (χ1n) is 8.44. The minimum absolute atomic E-state index is 0.0399. The summed E-state index contributed by atoms with van der Waals surface area (Å²) in [5.74, 6) is 0.601. The topological polar surface area (TPSA) is 93.0 Å². The van der Waals surface area contributed by atoms with Gasteiger partial charge in [-0.1, -0.05) is 6.07 Å². The molecule has 0 aliphatic carbocycles. The molecule has 0 atom stereocenters. The molecule has 3 rings (SSSR count). The van der Waals surface area contributed by atoms with Crippen LogP contribution in [0.4, 0.5) is 5.69 Å². The van der Waals surface area contributed by atoms with Gasteiger partial charge in [-0.3, -0.25) is 19.7 Å². The highest BCUT2D eigenvalue weighted by Crippen LogP contribution is 2.44. The number of thioether (sulfide) groups is 1. The number of benzene rings is 1. The maximum atomic E-state index is 13.0. The van der Waals surface area contributed by atoms with Crippen LogP contribution < -0.4 is 0 Å². The minimum atomic E-state index is -0.495. The van der Waals surface area contributed by atoms with E-state index in [1.807, 2.05) is 4.90 Å². The van der Waals surface area contributed by atoms with E-state index in [4.69, 9.17) is 4.74 Å². The molecule has 1 spiro atoms. The third-order valence-electron chi connectivity index (χ3n) is 4.89. The Labute approximate surface area is 155 Å². The second kappa shape index (κ2) is 7.63. The smallest absolute Gasteiger partial charge is 0.270 e. The van der Waals surface area contributed by atoms with Crippen molar-refractivity contribution in [2.75, 3.05) is 39.1 Å². The number of piperidine rings is 1. The molecule has 0 N–H and O–H groups in total. The van der Waals surface area contributed by atoms with E-state index in [1.165, 1.54) is 25.3 Å². The summed E-state index contributed by atoms with van der Waals surface area (Å²) < 4.78 is 4.91. The van der Waals surface area contributed by atoms with Crippen LogP contribution in [0.15, 0.2) is 24.3 Å². The van der Waals surface area contributed by atoms with Gasteiger partial charge in [-0.05, 0) is 18.9 Å². The van der Waals surface area contributed by atoms with Gasteiger partial charge in [0.15, 0.2) is 0 Å². The van der Waals surface area contributed by atoms with Crippen LogP contribution in [0.1, 0.15) is 23.2 Å². The molecule has 140 valence electrons. The quantitative estimate of drug-likeness (QED) is 0.584. The Bertz CT molecular complexity index is 718. The summed E-state index contributed by atoms with van der Waals surface area (Å²) in [5, 5.41) is 11.0. The number of likely N-dealkylation sites (tertiary alicyclic amines) is 1. The van der Waals surface area contributed by atoms with E-state index in [9.17, 15) is 19.7 Å². The zero-order valence-electron chi connectivity index (χ0n) is 14.6. The van der Waals surface area contributed by atoms with Crippen molar-refractivity contribution in [3.05, 3.63) is 39.9 Å². The molecule has 0 aromatic heterocycles. The summed E-state index contributed by atoms with van der Waals surface area (Å²) in [7, 11) is 1.50. The fraction of sp³-hybridized carbons (Fsp3) is 0.529. The summed E-state index contributed by atoms with van der Waals surface area (Å²) in [4.78, 5) is 38.7. The molecule has 2 amide bonds. The van der Waals surface area contributed by atoms with Crippen LogP contribution in [0.25, 0.3) is 0 Å². The first-order valence-corrected chi connectivity index (χ1v) is 9.42. The standard InChI is InChI=1S/C17H21N3O5S/c1-25-12-15(21)18-7-5-17(6-8-18)19(9-10-26-17)16(22)13-3-2-4-14(11-13)20(23)24/h2-4,11H,5-10,12H2,1H3. The number of nitrogens with zero attached hydrogens (tertiary/aromatic N) is 3. The number of rotatable bonds is 4. The molecule has 0 radical (unpaired) electrons. The van der Waals surface area contributed by atoms with Crippen molar-refractivity contribution in [3.63, 3.8) is 0 Å². The average molecular weight is 379 g/mol. The van der Waals surface area contributed by atoms with Crippen molar-refractivity contribution in [1.82, 2.24) is 9.80 Å². The number of carbonyl (C=O) groups is 2. The molecule has 1 aromatic carbocycles. The molecule has 0 unspecified atom stereocenters. The Balaban J connectivity index is 1.74. The SMILES string of the molecule is COCC(=O)N1CCC2(CC1)SCCN2C(=O)c1cccc([N+](=O)[O-])c1. The summed E-state index contributed by atoms with van der Waals surface area (Å²) in [6, 6.07) is 5.86. The Kier molecular flexibility index (Phi) is 5.47. The highest BCUT2D eigenvalue weighted by Gasteiger charge is 2.47. The van der Waals surface area contributed by atoms with Gasteiger partial charge in [0.25, 0.3) is 11.6 Å². The average Bonchev–Trinajstić information content (AvgIpc) is 3.05. The highest BCUT2D eigenvalue weighted by atomic mass is 32.2. The molecule has 0 bridgehead atoms. The second-order valence-electron chi connectivity index (χ2n) is 6.37. The van der Waals surface area contributed by atoms with Crippen molar-refractivity contribution >= 4 is 29.3 Å². The number of hydrogen-bond acceptors (Lipinski definition) is 6. The lowest BCUT2D eigenvalue weighted by Crippen LogP contribution is -2.54. The summed E-state index contributed by atoms with van der Waals surface area (Å²) in [6.07, 6.45) is 1.38. The first-order chi connectivity index (χ1) is 12.5. The molecule has 1 aromatic rings. The van der Waals surface area contributed by atoms with Gasteiger partial charge in [0.1, 0.15) is 6.61 Å². The molecule has 2 fully saturated rings. The predicted molar refractivity (Wildman–Crippen MR) is 97.0 cm³/mol.